The molecule has 0 fully saturated rings. The molecule has 3 atom stereocenters. The van der Waals surface area contributed by atoms with Gasteiger partial charge < -0.3 is 24.6 Å². The van der Waals surface area contributed by atoms with E-state index < -0.39 is 51.8 Å². The molecule has 10 nitrogen and oxygen atoms in total. The molecular weight excluding hydrogens is 539 g/mol. The Morgan fingerprint density at radius 2 is 1.12 bits per heavy atom. The first-order valence-electron chi connectivity index (χ1n) is 15.4. The van der Waals surface area contributed by atoms with Crippen molar-refractivity contribution in [2.45, 2.75) is 148 Å². The van der Waals surface area contributed by atoms with Gasteiger partial charge in [-0.25, -0.2) is 4.57 Å². The van der Waals surface area contributed by atoms with E-state index in [1.165, 1.54) is 96.8 Å². The fraction of sp³-hybridized carbons (Fsp3) is 0.931. The third-order valence-corrected chi connectivity index (χ3v) is 7.52. The number of aliphatic hydroxyl groups excluding tert-OH is 2. The molecule has 3 N–H and O–H groups in total. The van der Waals surface area contributed by atoms with Gasteiger partial charge in [0.2, 0.25) is 0 Å². The van der Waals surface area contributed by atoms with Crippen LogP contribution >= 0.6 is 7.82 Å². The molecule has 0 aliphatic rings. The van der Waals surface area contributed by atoms with Crippen LogP contribution < -0.4 is 0 Å². The van der Waals surface area contributed by atoms with Gasteiger partial charge in [0.15, 0.2) is 6.10 Å². The summed E-state index contributed by atoms with van der Waals surface area (Å²) in [7, 11) is -4.56. The van der Waals surface area contributed by atoms with Gasteiger partial charge in [0.1, 0.15) is 12.7 Å². The summed E-state index contributed by atoms with van der Waals surface area (Å²) in [4.78, 5) is 33.0. The van der Waals surface area contributed by atoms with E-state index in [1.807, 2.05) is 0 Å². The molecule has 0 aromatic carbocycles. The van der Waals surface area contributed by atoms with E-state index in [9.17, 15) is 24.2 Å². The Bertz CT molecular complexity index is 661. The second-order valence-corrected chi connectivity index (χ2v) is 12.0. The average Bonchev–Trinajstić information content (AvgIpc) is 2.92. The van der Waals surface area contributed by atoms with E-state index in [0.717, 1.165) is 19.3 Å². The number of hydrogen-bond acceptors (Lipinski definition) is 9. The zero-order chi connectivity index (χ0) is 29.9. The maximum atomic E-state index is 12.2. The molecule has 0 rings (SSSR count). The zero-order valence-electron chi connectivity index (χ0n) is 25.1. The number of ether oxygens (including phenoxy) is 2. The number of esters is 2. The van der Waals surface area contributed by atoms with Crippen molar-refractivity contribution in [2.75, 3.05) is 26.4 Å². The quantitative estimate of drug-likeness (QED) is 0.0504. The highest BCUT2D eigenvalue weighted by molar-refractivity contribution is 7.47. The Hall–Kier alpha value is -1.03. The van der Waals surface area contributed by atoms with Gasteiger partial charge in [-0.3, -0.25) is 18.6 Å². The molecular formula is C29H57O10P. The topological polar surface area (TPSA) is 149 Å². The molecule has 0 heterocycles. The largest absolute Gasteiger partial charge is 0.472 e. The van der Waals surface area contributed by atoms with Crippen LogP contribution in [0.25, 0.3) is 0 Å². The normalized spacial score (nSPS) is 14.4. The number of carbonyl (C=O) groups is 2. The molecule has 0 amide bonds. The smallest absolute Gasteiger partial charge is 0.462 e. The molecule has 0 saturated heterocycles. The molecule has 0 aliphatic heterocycles. The van der Waals surface area contributed by atoms with Crippen molar-refractivity contribution in [1.82, 2.24) is 0 Å². The van der Waals surface area contributed by atoms with Gasteiger partial charge >= 0.3 is 19.8 Å². The minimum absolute atomic E-state index is 0.186. The molecule has 0 aromatic rings. The highest BCUT2D eigenvalue weighted by Crippen LogP contribution is 2.43. The van der Waals surface area contributed by atoms with E-state index >= 15 is 0 Å². The molecule has 0 aromatic heterocycles. The van der Waals surface area contributed by atoms with Crippen LogP contribution in [-0.2, 0) is 32.7 Å². The van der Waals surface area contributed by atoms with E-state index in [4.69, 9.17) is 19.1 Å². The maximum Gasteiger partial charge on any atom is 0.472 e. The number of hydrogen-bond donors (Lipinski definition) is 3. The third kappa shape index (κ3) is 27.2. The molecule has 0 saturated carbocycles. The van der Waals surface area contributed by atoms with Crippen LogP contribution in [0.3, 0.4) is 0 Å². The number of unbranched alkanes of at least 4 members (excludes halogenated alkanes) is 17. The highest BCUT2D eigenvalue weighted by atomic mass is 31.2. The lowest BCUT2D eigenvalue weighted by atomic mass is 10.0. The molecule has 40 heavy (non-hydrogen) atoms. The summed E-state index contributed by atoms with van der Waals surface area (Å²) >= 11 is 0. The number of phosphoric ester groups is 1. The van der Waals surface area contributed by atoms with Crippen molar-refractivity contribution in [2.24, 2.45) is 0 Å². The van der Waals surface area contributed by atoms with Crippen molar-refractivity contribution in [3.63, 3.8) is 0 Å². The van der Waals surface area contributed by atoms with Gasteiger partial charge in [0.25, 0.3) is 0 Å². The number of phosphoric acid groups is 1. The first kappa shape index (κ1) is 39.0. The summed E-state index contributed by atoms with van der Waals surface area (Å²) in [5.41, 5.74) is 0. The standard InChI is InChI=1S/C29H57O10P/c1-3-4-5-6-7-8-9-10-11-12-13-14-15-16-17-18-19-20-21-29(33)39-28(24-36-26(2)31)25-38-40(34,35)37-23-27(32)22-30/h27-28,30,32H,3-25H2,1-2H3,(H,34,35). The zero-order valence-corrected chi connectivity index (χ0v) is 26.0. The van der Waals surface area contributed by atoms with Gasteiger partial charge in [-0.1, -0.05) is 116 Å². The monoisotopic (exact) mass is 596 g/mol. The van der Waals surface area contributed by atoms with Gasteiger partial charge in [0.05, 0.1) is 19.8 Å². The summed E-state index contributed by atoms with van der Waals surface area (Å²) in [5, 5.41) is 18.0. The molecule has 11 heteroatoms. The van der Waals surface area contributed by atoms with Gasteiger partial charge in [0, 0.05) is 13.3 Å². The Balaban J connectivity index is 3.84. The Labute approximate surface area is 242 Å². The summed E-state index contributed by atoms with van der Waals surface area (Å²) in [5.74, 6) is -1.11. The molecule has 0 radical (unpaired) electrons. The Morgan fingerprint density at radius 3 is 1.55 bits per heavy atom. The van der Waals surface area contributed by atoms with Crippen LogP contribution in [0.2, 0.25) is 0 Å². The molecule has 238 valence electrons. The predicted molar refractivity (Wildman–Crippen MR) is 155 cm³/mol. The number of carbonyl (C=O) groups excluding carboxylic acids is 2. The number of aliphatic hydroxyl groups is 2. The van der Waals surface area contributed by atoms with E-state index in [0.29, 0.717) is 6.42 Å². The maximum absolute atomic E-state index is 12.2. The van der Waals surface area contributed by atoms with Crippen LogP contribution in [0.5, 0.6) is 0 Å². The average molecular weight is 597 g/mol. The Morgan fingerprint density at radius 1 is 0.700 bits per heavy atom. The summed E-state index contributed by atoms with van der Waals surface area (Å²) in [6.45, 7) is 1.31. The van der Waals surface area contributed by atoms with Crippen LogP contribution in [0.1, 0.15) is 136 Å². The van der Waals surface area contributed by atoms with Crippen LogP contribution in [-0.4, -0.2) is 65.7 Å². The van der Waals surface area contributed by atoms with E-state index in [-0.39, 0.29) is 13.0 Å². The van der Waals surface area contributed by atoms with Crippen LogP contribution in [0.15, 0.2) is 0 Å². The lowest BCUT2D eigenvalue weighted by Gasteiger charge is -2.20. The summed E-state index contributed by atoms with van der Waals surface area (Å²) < 4.78 is 31.3. The van der Waals surface area contributed by atoms with E-state index in [1.54, 1.807) is 0 Å². The summed E-state index contributed by atoms with van der Waals surface area (Å²) in [6.07, 6.45) is 20.4. The minimum Gasteiger partial charge on any atom is -0.462 e. The minimum atomic E-state index is -4.56. The van der Waals surface area contributed by atoms with Crippen molar-refractivity contribution in [1.29, 1.82) is 0 Å². The van der Waals surface area contributed by atoms with E-state index in [2.05, 4.69) is 11.4 Å². The highest BCUT2D eigenvalue weighted by Gasteiger charge is 2.26. The molecule has 0 aliphatic carbocycles. The predicted octanol–water partition coefficient (Wildman–Crippen LogP) is 6.38. The van der Waals surface area contributed by atoms with Crippen molar-refractivity contribution < 1.29 is 47.8 Å². The lowest BCUT2D eigenvalue weighted by Crippen LogP contribution is -2.29. The molecule has 3 unspecified atom stereocenters. The second-order valence-electron chi connectivity index (χ2n) is 10.6. The van der Waals surface area contributed by atoms with Crippen LogP contribution in [0.4, 0.5) is 0 Å². The molecule has 0 bridgehead atoms. The summed E-state index contributed by atoms with van der Waals surface area (Å²) in [6, 6.07) is 0. The lowest BCUT2D eigenvalue weighted by molar-refractivity contribution is -0.160. The second kappa shape index (κ2) is 26.8. The Kier molecular flexibility index (Phi) is 26.2. The fourth-order valence-corrected chi connectivity index (χ4v) is 4.98. The SMILES string of the molecule is CCCCCCCCCCCCCCCCCCCCC(=O)OC(COC(C)=O)COP(=O)(O)OCC(O)CO. The van der Waals surface area contributed by atoms with Crippen LogP contribution in [0, 0.1) is 0 Å². The van der Waals surface area contributed by atoms with Gasteiger partial charge in [-0.2, -0.15) is 0 Å². The van der Waals surface area contributed by atoms with Gasteiger partial charge in [-0.05, 0) is 6.42 Å². The fourth-order valence-electron chi connectivity index (χ4n) is 4.19. The third-order valence-electron chi connectivity index (χ3n) is 6.57. The van der Waals surface area contributed by atoms with Gasteiger partial charge in [-0.15, -0.1) is 0 Å². The van der Waals surface area contributed by atoms with Crippen molar-refractivity contribution in [3.05, 3.63) is 0 Å². The van der Waals surface area contributed by atoms with Crippen molar-refractivity contribution >= 4 is 19.8 Å². The first-order valence-corrected chi connectivity index (χ1v) is 16.9. The van der Waals surface area contributed by atoms with Crippen molar-refractivity contribution in [3.8, 4) is 0 Å². The first-order chi connectivity index (χ1) is 19.2. The molecule has 0 spiro atoms. The number of rotatable bonds is 29.